The van der Waals surface area contributed by atoms with E-state index in [1.54, 1.807) is 13.8 Å². The Labute approximate surface area is 176 Å². The van der Waals surface area contributed by atoms with E-state index in [0.717, 1.165) is 0 Å². The Bertz CT molecular complexity index is 483. The van der Waals surface area contributed by atoms with Crippen LogP contribution in [0.15, 0.2) is 36.5 Å². The molecule has 0 rings (SSSR count). The van der Waals surface area contributed by atoms with Gasteiger partial charge in [0.05, 0.1) is 38.4 Å². The molecule has 11 nitrogen and oxygen atoms in total. The van der Waals surface area contributed by atoms with E-state index in [2.05, 4.69) is 29.5 Å². The van der Waals surface area contributed by atoms with E-state index in [1.807, 2.05) is 0 Å². The maximum absolute atomic E-state index is 10.5. The molecule has 176 valence electrons. The highest BCUT2D eigenvalue weighted by Gasteiger charge is 2.26. The van der Waals surface area contributed by atoms with Crippen LogP contribution in [0.5, 0.6) is 0 Å². The summed E-state index contributed by atoms with van der Waals surface area (Å²) in [6.07, 6.45) is 0. The van der Waals surface area contributed by atoms with Gasteiger partial charge >= 0.3 is 17.9 Å². The average molecular weight is 438 g/mol. The first-order valence-corrected chi connectivity index (χ1v) is 8.42. The summed E-state index contributed by atoms with van der Waals surface area (Å²) in [5.74, 6) is -2.39. The van der Waals surface area contributed by atoms with E-state index in [-0.39, 0.29) is 11.1 Å². The minimum atomic E-state index is -1.11. The Morgan fingerprint density at radius 2 is 1.00 bits per heavy atom. The average Bonchev–Trinajstić information content (AvgIpc) is 2.69. The van der Waals surface area contributed by atoms with Gasteiger partial charge in [-0.25, -0.2) is 14.4 Å². The molecule has 0 spiro atoms. The minimum Gasteiger partial charge on any atom is -0.478 e. The Morgan fingerprint density at radius 1 is 0.733 bits per heavy atom. The van der Waals surface area contributed by atoms with Crippen LogP contribution in [0, 0.1) is 5.41 Å². The van der Waals surface area contributed by atoms with Gasteiger partial charge in [-0.2, -0.15) is 4.89 Å². The molecule has 0 saturated heterocycles. The fourth-order valence-electron chi connectivity index (χ4n) is 0.484. The highest BCUT2D eigenvalue weighted by molar-refractivity contribution is 5.86. The molecule has 0 aromatic rings. The number of rotatable bonds is 9. The van der Waals surface area contributed by atoms with Crippen molar-refractivity contribution in [1.29, 1.82) is 0 Å². The molecule has 0 bridgehead atoms. The number of carboxylic acids is 2. The summed E-state index contributed by atoms with van der Waals surface area (Å²) in [6.45, 7) is 14.6. The van der Waals surface area contributed by atoms with Crippen molar-refractivity contribution in [2.75, 3.05) is 33.0 Å². The summed E-state index contributed by atoms with van der Waals surface area (Å²) in [4.78, 5) is 38.2. The van der Waals surface area contributed by atoms with Gasteiger partial charge < -0.3 is 30.6 Å². The molecule has 0 atom stereocenters. The van der Waals surface area contributed by atoms with E-state index in [9.17, 15) is 14.4 Å². The monoisotopic (exact) mass is 438 g/mol. The van der Waals surface area contributed by atoms with E-state index in [0.29, 0.717) is 12.2 Å². The van der Waals surface area contributed by atoms with Gasteiger partial charge in [0.2, 0.25) is 0 Å². The molecule has 0 amide bonds. The number of hydrogen-bond donors (Lipinski definition) is 6. The molecule has 0 heterocycles. The van der Waals surface area contributed by atoms with Crippen LogP contribution in [0.4, 0.5) is 0 Å². The number of aliphatic hydroxyl groups is 4. The van der Waals surface area contributed by atoms with Crippen LogP contribution in [0.25, 0.3) is 0 Å². The van der Waals surface area contributed by atoms with Crippen molar-refractivity contribution >= 4 is 17.9 Å². The van der Waals surface area contributed by atoms with Gasteiger partial charge in [-0.05, 0) is 27.7 Å². The van der Waals surface area contributed by atoms with Crippen LogP contribution < -0.4 is 0 Å². The van der Waals surface area contributed by atoms with E-state index < -0.39 is 49.8 Å². The zero-order valence-corrected chi connectivity index (χ0v) is 17.9. The molecule has 0 saturated carbocycles. The third kappa shape index (κ3) is 23.5. The van der Waals surface area contributed by atoms with Gasteiger partial charge in [0.15, 0.2) is 0 Å². The molecular formula is C19H34O11. The maximum Gasteiger partial charge on any atom is 0.368 e. The van der Waals surface area contributed by atoms with Crippen molar-refractivity contribution in [3.63, 3.8) is 0 Å². The van der Waals surface area contributed by atoms with Crippen LogP contribution in [0.2, 0.25) is 0 Å². The van der Waals surface area contributed by atoms with Crippen molar-refractivity contribution in [2.24, 2.45) is 5.41 Å². The van der Waals surface area contributed by atoms with Gasteiger partial charge in [0.25, 0.3) is 0 Å². The first-order valence-electron chi connectivity index (χ1n) is 8.42. The summed E-state index contributed by atoms with van der Waals surface area (Å²) < 4.78 is 0. The van der Waals surface area contributed by atoms with E-state index in [1.165, 1.54) is 13.8 Å². The predicted octanol–water partition coefficient (Wildman–Crippen LogP) is 0.293. The standard InChI is InChI=1S/C6H10O3.C5H12O4.2C4H6O2/c1-4-8-9-6(7)5(2)3;6-1-5(2-7,3-8)4-9;2*1-3(2)4(5)6/h2,4H2,1,3H3;6-9H,1-4H2;2*1H2,2H3,(H,5,6). The Hall–Kier alpha value is -2.57. The zero-order chi connectivity index (χ0) is 24.9. The third-order valence-corrected chi connectivity index (χ3v) is 2.67. The number of aliphatic hydroxyl groups excluding tert-OH is 4. The minimum absolute atomic E-state index is 0.176. The first kappa shape index (κ1) is 34.9. The number of carbonyl (C=O) groups is 3. The second-order valence-corrected chi connectivity index (χ2v) is 5.86. The van der Waals surface area contributed by atoms with Crippen molar-refractivity contribution in [1.82, 2.24) is 0 Å². The highest BCUT2D eigenvalue weighted by Crippen LogP contribution is 2.11. The van der Waals surface area contributed by atoms with Crippen LogP contribution in [0.1, 0.15) is 27.7 Å². The molecule has 0 fully saturated rings. The SMILES string of the molecule is C=C(C)C(=O)O.C=C(C)C(=O)O.C=C(C)C(=O)OOCC.OCC(CO)(CO)CO. The maximum atomic E-state index is 10.5. The van der Waals surface area contributed by atoms with Gasteiger partial charge in [0.1, 0.15) is 0 Å². The second kappa shape index (κ2) is 21.1. The molecule has 11 heteroatoms. The lowest BCUT2D eigenvalue weighted by Gasteiger charge is -2.23. The molecule has 0 unspecified atom stereocenters. The van der Waals surface area contributed by atoms with Gasteiger partial charge in [0, 0.05) is 16.7 Å². The topological polar surface area (TPSA) is 191 Å². The highest BCUT2D eigenvalue weighted by atomic mass is 17.2. The lowest BCUT2D eigenvalue weighted by atomic mass is 9.93. The molecule has 0 aromatic carbocycles. The second-order valence-electron chi connectivity index (χ2n) is 5.86. The van der Waals surface area contributed by atoms with E-state index >= 15 is 0 Å². The molecule has 30 heavy (non-hydrogen) atoms. The Balaban J connectivity index is -0.000000153. The Morgan fingerprint density at radius 3 is 1.10 bits per heavy atom. The van der Waals surface area contributed by atoms with Gasteiger partial charge in [-0.15, -0.1) is 0 Å². The van der Waals surface area contributed by atoms with Gasteiger partial charge in [-0.1, -0.05) is 19.7 Å². The number of carboxylic acid groups (broad SMARTS) is 2. The quantitative estimate of drug-likeness (QED) is 0.165. The predicted molar refractivity (Wildman–Crippen MR) is 108 cm³/mol. The summed E-state index contributed by atoms with van der Waals surface area (Å²) >= 11 is 0. The number of aliphatic carboxylic acids is 2. The van der Waals surface area contributed by atoms with Crippen LogP contribution >= 0.6 is 0 Å². The molecule has 6 N–H and O–H groups in total. The smallest absolute Gasteiger partial charge is 0.368 e. The lowest BCUT2D eigenvalue weighted by Crippen LogP contribution is -2.37. The first-order chi connectivity index (χ1) is 13.7. The van der Waals surface area contributed by atoms with Crippen LogP contribution in [-0.2, 0) is 24.2 Å². The van der Waals surface area contributed by atoms with Crippen molar-refractivity contribution in [2.45, 2.75) is 27.7 Å². The fourth-order valence-corrected chi connectivity index (χ4v) is 0.484. The lowest BCUT2D eigenvalue weighted by molar-refractivity contribution is -0.265. The molecule has 0 aliphatic carbocycles. The number of hydrogen-bond acceptors (Lipinski definition) is 9. The van der Waals surface area contributed by atoms with Crippen molar-refractivity contribution in [3.8, 4) is 0 Å². The van der Waals surface area contributed by atoms with Crippen molar-refractivity contribution < 1.29 is 54.8 Å². The molecular weight excluding hydrogens is 404 g/mol. The molecule has 0 aromatic heterocycles. The normalized spacial score (nSPS) is 9.20. The van der Waals surface area contributed by atoms with Crippen molar-refractivity contribution in [3.05, 3.63) is 36.5 Å². The largest absolute Gasteiger partial charge is 0.478 e. The third-order valence-electron chi connectivity index (χ3n) is 2.67. The van der Waals surface area contributed by atoms with E-state index in [4.69, 9.17) is 30.6 Å². The number of carbonyl (C=O) groups excluding carboxylic acids is 1. The van der Waals surface area contributed by atoms with Crippen LogP contribution in [-0.4, -0.2) is 81.6 Å². The van der Waals surface area contributed by atoms with Gasteiger partial charge in [-0.3, -0.25) is 4.89 Å². The Kier molecular flexibility index (Phi) is 24.6. The summed E-state index contributed by atoms with van der Waals surface area (Å²) in [5.41, 5.74) is -0.423. The molecule has 0 aliphatic rings. The molecule has 0 aliphatic heterocycles. The summed E-state index contributed by atoms with van der Waals surface area (Å²) in [6, 6.07) is 0. The molecule has 0 radical (unpaired) electrons. The summed E-state index contributed by atoms with van der Waals surface area (Å²) in [5, 5.41) is 49.8. The van der Waals surface area contributed by atoms with Crippen LogP contribution in [0.3, 0.4) is 0 Å². The zero-order valence-electron chi connectivity index (χ0n) is 17.9. The summed E-state index contributed by atoms with van der Waals surface area (Å²) in [7, 11) is 0. The fraction of sp³-hybridized carbons (Fsp3) is 0.526.